The summed E-state index contributed by atoms with van der Waals surface area (Å²) in [5.41, 5.74) is 0. The van der Waals surface area contributed by atoms with Crippen molar-refractivity contribution in [2.24, 2.45) is 5.92 Å². The first-order chi connectivity index (χ1) is 7.50. The number of carbonyl (C=O) groups is 1. The monoisotopic (exact) mass is 252 g/mol. The lowest BCUT2D eigenvalue weighted by atomic mass is 10.2. The minimum absolute atomic E-state index is 0.0182. The first kappa shape index (κ1) is 13.6. The molecule has 0 amide bonds. The highest BCUT2D eigenvalue weighted by Gasteiger charge is 2.30. The Kier molecular flexibility index (Phi) is 4.92. The Balaban J connectivity index is 2.33. The number of hydrogen-bond acceptors (Lipinski definition) is 6. The Bertz CT molecular complexity index is 280. The van der Waals surface area contributed by atoms with Gasteiger partial charge in [-0.15, -0.1) is 0 Å². The van der Waals surface area contributed by atoms with E-state index < -0.39 is 19.5 Å². The minimum Gasteiger partial charge on any atom is -0.463 e. The molecule has 0 bridgehead atoms. The van der Waals surface area contributed by atoms with Gasteiger partial charge in [0, 0.05) is 14.2 Å². The second-order valence-electron chi connectivity index (χ2n) is 3.65. The summed E-state index contributed by atoms with van der Waals surface area (Å²) in [6.45, 7) is 2.52. The molecule has 16 heavy (non-hydrogen) atoms. The fourth-order valence-electron chi connectivity index (χ4n) is 1.12. The van der Waals surface area contributed by atoms with Gasteiger partial charge in [0.05, 0.1) is 18.7 Å². The number of esters is 1. The molecule has 0 N–H and O–H groups in total. The van der Waals surface area contributed by atoms with Gasteiger partial charge in [-0.3, -0.25) is 9.36 Å². The Morgan fingerprint density at radius 2 is 2.06 bits per heavy atom. The molecule has 6 nitrogen and oxygen atoms in total. The van der Waals surface area contributed by atoms with Crippen molar-refractivity contribution in [3.8, 4) is 0 Å². The molecule has 1 aliphatic heterocycles. The van der Waals surface area contributed by atoms with E-state index in [0.717, 1.165) is 0 Å². The van der Waals surface area contributed by atoms with Gasteiger partial charge in [-0.05, 0) is 0 Å². The van der Waals surface area contributed by atoms with Crippen LogP contribution >= 0.6 is 7.60 Å². The smallest absolute Gasteiger partial charge is 0.331 e. The topological polar surface area (TPSA) is 74.4 Å². The van der Waals surface area contributed by atoms with E-state index in [0.29, 0.717) is 6.61 Å². The fraction of sp³-hybridized carbons (Fsp3) is 0.889. The van der Waals surface area contributed by atoms with Crippen LogP contribution in [0.3, 0.4) is 0 Å². The van der Waals surface area contributed by atoms with E-state index in [9.17, 15) is 9.36 Å². The van der Waals surface area contributed by atoms with Crippen LogP contribution in [0.2, 0.25) is 0 Å². The van der Waals surface area contributed by atoms with E-state index in [4.69, 9.17) is 18.5 Å². The maximum Gasteiger partial charge on any atom is 0.331 e. The van der Waals surface area contributed by atoms with Crippen LogP contribution in [0.5, 0.6) is 0 Å². The molecule has 0 saturated carbocycles. The molecule has 0 aromatic rings. The van der Waals surface area contributed by atoms with Crippen molar-refractivity contribution in [1.82, 2.24) is 0 Å². The summed E-state index contributed by atoms with van der Waals surface area (Å²) >= 11 is 0. The van der Waals surface area contributed by atoms with Gasteiger partial charge in [-0.1, -0.05) is 6.92 Å². The number of carbonyl (C=O) groups excluding carboxylic acids is 1. The van der Waals surface area contributed by atoms with Gasteiger partial charge in [0.25, 0.3) is 0 Å². The predicted octanol–water partition coefficient (Wildman–Crippen LogP) is 1.05. The molecule has 2 atom stereocenters. The van der Waals surface area contributed by atoms with Gasteiger partial charge in [0.2, 0.25) is 0 Å². The predicted molar refractivity (Wildman–Crippen MR) is 56.4 cm³/mol. The van der Waals surface area contributed by atoms with Crippen molar-refractivity contribution in [3.05, 3.63) is 0 Å². The zero-order valence-electron chi connectivity index (χ0n) is 9.67. The van der Waals surface area contributed by atoms with Crippen LogP contribution in [0.15, 0.2) is 0 Å². The van der Waals surface area contributed by atoms with Crippen molar-refractivity contribution < 1.29 is 27.9 Å². The summed E-state index contributed by atoms with van der Waals surface area (Å²) in [6.07, 6.45) is 0.0532. The average Bonchev–Trinajstić information content (AvgIpc) is 3.09. The molecular weight excluding hydrogens is 235 g/mol. The van der Waals surface area contributed by atoms with Gasteiger partial charge in [-0.25, -0.2) is 0 Å². The van der Waals surface area contributed by atoms with E-state index in [-0.39, 0.29) is 18.9 Å². The summed E-state index contributed by atoms with van der Waals surface area (Å²) < 4.78 is 31.1. The molecule has 0 spiro atoms. The number of epoxide rings is 1. The third-order valence-corrected chi connectivity index (χ3v) is 4.38. The summed E-state index contributed by atoms with van der Waals surface area (Å²) in [7, 11) is -0.571. The van der Waals surface area contributed by atoms with E-state index in [1.165, 1.54) is 14.2 Å². The number of hydrogen-bond donors (Lipinski definition) is 0. The lowest BCUT2D eigenvalue weighted by Gasteiger charge is -2.17. The van der Waals surface area contributed by atoms with Gasteiger partial charge >= 0.3 is 13.6 Å². The van der Waals surface area contributed by atoms with Gasteiger partial charge in [0.1, 0.15) is 12.7 Å². The summed E-state index contributed by atoms with van der Waals surface area (Å²) in [4.78, 5) is 11.5. The summed E-state index contributed by atoms with van der Waals surface area (Å²) in [5, 5.41) is 0. The van der Waals surface area contributed by atoms with Gasteiger partial charge < -0.3 is 18.5 Å². The largest absolute Gasteiger partial charge is 0.463 e. The van der Waals surface area contributed by atoms with E-state index in [1.54, 1.807) is 6.92 Å². The van der Waals surface area contributed by atoms with E-state index in [2.05, 4.69) is 0 Å². The van der Waals surface area contributed by atoms with Crippen LogP contribution < -0.4 is 0 Å². The van der Waals surface area contributed by atoms with Crippen LogP contribution in [0.4, 0.5) is 0 Å². The molecule has 1 aliphatic rings. The van der Waals surface area contributed by atoms with Crippen LogP contribution in [0.1, 0.15) is 6.92 Å². The quantitative estimate of drug-likeness (QED) is 0.383. The standard InChI is InChI=1S/C9H17O6P/c1-7(6-16(11,12-2)13-3)9(10)15-5-8-4-14-8/h7-8H,4-6H2,1-3H3. The second-order valence-corrected chi connectivity index (χ2v) is 5.96. The molecule has 1 saturated heterocycles. The Morgan fingerprint density at radius 3 is 2.50 bits per heavy atom. The lowest BCUT2D eigenvalue weighted by Crippen LogP contribution is -2.21. The molecule has 0 radical (unpaired) electrons. The lowest BCUT2D eigenvalue weighted by molar-refractivity contribution is -0.147. The summed E-state index contributed by atoms with van der Waals surface area (Å²) in [5.74, 6) is -0.936. The van der Waals surface area contributed by atoms with Crippen LogP contribution in [0, 0.1) is 5.92 Å². The third kappa shape index (κ3) is 4.22. The maximum atomic E-state index is 11.7. The van der Waals surface area contributed by atoms with Crippen LogP contribution in [0.25, 0.3) is 0 Å². The second kappa shape index (κ2) is 5.77. The highest BCUT2D eigenvalue weighted by Crippen LogP contribution is 2.47. The third-order valence-electron chi connectivity index (χ3n) is 2.27. The zero-order chi connectivity index (χ0) is 12.2. The Hall–Kier alpha value is -0.420. The fourth-order valence-corrected chi connectivity index (χ4v) is 2.38. The molecule has 94 valence electrons. The van der Waals surface area contributed by atoms with Crippen molar-refractivity contribution in [2.45, 2.75) is 13.0 Å². The van der Waals surface area contributed by atoms with E-state index in [1.807, 2.05) is 0 Å². The Morgan fingerprint density at radius 1 is 1.50 bits per heavy atom. The SMILES string of the molecule is COP(=O)(CC(C)C(=O)OCC1CO1)OC. The highest BCUT2D eigenvalue weighted by molar-refractivity contribution is 7.53. The number of ether oxygens (including phenoxy) is 2. The molecular formula is C9H17O6P. The zero-order valence-corrected chi connectivity index (χ0v) is 10.6. The van der Waals surface area contributed by atoms with Crippen molar-refractivity contribution in [3.63, 3.8) is 0 Å². The average molecular weight is 252 g/mol. The first-order valence-electron chi connectivity index (χ1n) is 4.99. The molecule has 1 rings (SSSR count). The molecule has 1 heterocycles. The molecule has 0 aromatic heterocycles. The van der Waals surface area contributed by atoms with E-state index >= 15 is 0 Å². The maximum absolute atomic E-state index is 11.7. The van der Waals surface area contributed by atoms with Crippen molar-refractivity contribution >= 4 is 13.6 Å². The van der Waals surface area contributed by atoms with Crippen molar-refractivity contribution in [1.29, 1.82) is 0 Å². The molecule has 0 aliphatic carbocycles. The summed E-state index contributed by atoms with van der Waals surface area (Å²) in [6, 6.07) is 0. The molecule has 1 fully saturated rings. The molecule has 0 aromatic carbocycles. The normalized spacial score (nSPS) is 21.6. The Labute approximate surface area is 94.7 Å². The first-order valence-corrected chi connectivity index (χ1v) is 6.72. The minimum atomic E-state index is -3.16. The number of rotatable bonds is 7. The van der Waals surface area contributed by atoms with Crippen LogP contribution in [-0.4, -0.2) is 45.7 Å². The van der Waals surface area contributed by atoms with Crippen LogP contribution in [-0.2, 0) is 27.9 Å². The molecule has 2 unspecified atom stereocenters. The van der Waals surface area contributed by atoms with Crippen molar-refractivity contribution in [2.75, 3.05) is 33.6 Å². The molecule has 7 heteroatoms. The highest BCUT2D eigenvalue weighted by atomic mass is 31.2. The van der Waals surface area contributed by atoms with Gasteiger partial charge in [-0.2, -0.15) is 0 Å². The van der Waals surface area contributed by atoms with Gasteiger partial charge in [0.15, 0.2) is 0 Å².